The molecule has 2 heterocycles. The molecular formula is C23H28N2O6S. The van der Waals surface area contributed by atoms with Gasteiger partial charge in [0.05, 0.1) is 29.8 Å². The van der Waals surface area contributed by atoms with Crippen molar-refractivity contribution in [2.75, 3.05) is 31.0 Å². The highest BCUT2D eigenvalue weighted by Crippen LogP contribution is 2.32. The second-order valence-corrected chi connectivity index (χ2v) is 10.4. The van der Waals surface area contributed by atoms with Gasteiger partial charge in [-0.05, 0) is 57.2 Å². The normalized spacial score (nSPS) is 20.3. The molecule has 2 aliphatic rings. The van der Waals surface area contributed by atoms with E-state index in [-0.39, 0.29) is 16.9 Å². The van der Waals surface area contributed by atoms with Crippen LogP contribution in [0.2, 0.25) is 0 Å². The van der Waals surface area contributed by atoms with Crippen LogP contribution < -0.4 is 14.2 Å². The predicted molar refractivity (Wildman–Crippen MR) is 120 cm³/mol. The fourth-order valence-corrected chi connectivity index (χ4v) is 5.07. The molecule has 1 saturated heterocycles. The highest BCUT2D eigenvalue weighted by molar-refractivity contribution is 7.92. The lowest BCUT2D eigenvalue weighted by atomic mass is 10.0. The highest BCUT2D eigenvalue weighted by Gasteiger charge is 2.34. The van der Waals surface area contributed by atoms with E-state index in [4.69, 9.17) is 14.2 Å². The van der Waals surface area contributed by atoms with Crippen LogP contribution in [0.5, 0.6) is 11.5 Å². The van der Waals surface area contributed by atoms with Gasteiger partial charge in [-0.1, -0.05) is 0 Å². The summed E-state index contributed by atoms with van der Waals surface area (Å²) < 4.78 is 45.3. The molecule has 0 spiro atoms. The average Bonchev–Trinajstić information content (AvgIpc) is 2.97. The van der Waals surface area contributed by atoms with Crippen molar-refractivity contribution in [3.05, 3.63) is 48.0 Å². The molecule has 1 atom stereocenters. The van der Waals surface area contributed by atoms with Crippen LogP contribution in [-0.4, -0.2) is 57.2 Å². The molecule has 4 rings (SSSR count). The van der Waals surface area contributed by atoms with Gasteiger partial charge in [0.25, 0.3) is 15.9 Å². The van der Waals surface area contributed by atoms with Crippen LogP contribution in [-0.2, 0) is 14.8 Å². The van der Waals surface area contributed by atoms with Gasteiger partial charge >= 0.3 is 0 Å². The van der Waals surface area contributed by atoms with E-state index in [1.54, 1.807) is 35.2 Å². The maximum absolute atomic E-state index is 12.9. The van der Waals surface area contributed by atoms with Crippen LogP contribution in [0.3, 0.4) is 0 Å². The molecule has 1 N–H and O–H groups in total. The third kappa shape index (κ3) is 4.99. The lowest BCUT2D eigenvalue weighted by Gasteiger charge is -2.41. The Morgan fingerprint density at radius 3 is 2.44 bits per heavy atom. The number of nitrogens with one attached hydrogen (secondary N) is 1. The summed E-state index contributed by atoms with van der Waals surface area (Å²) in [4.78, 5) is 14.8. The molecule has 8 nitrogen and oxygen atoms in total. The zero-order chi connectivity index (χ0) is 22.9. The summed E-state index contributed by atoms with van der Waals surface area (Å²) in [6.07, 6.45) is 0.685. The van der Waals surface area contributed by atoms with E-state index in [0.717, 1.165) is 6.42 Å². The van der Waals surface area contributed by atoms with E-state index in [9.17, 15) is 13.2 Å². The Labute approximate surface area is 188 Å². The molecular weight excluding hydrogens is 432 g/mol. The fourth-order valence-electron chi connectivity index (χ4n) is 4.00. The average molecular weight is 461 g/mol. The van der Waals surface area contributed by atoms with E-state index in [1.807, 2.05) is 20.8 Å². The number of hydrogen-bond donors (Lipinski definition) is 1. The summed E-state index contributed by atoms with van der Waals surface area (Å²) in [7, 11) is -3.83. The first-order valence-electron chi connectivity index (χ1n) is 10.6. The number of anilines is 1. The van der Waals surface area contributed by atoms with Gasteiger partial charge in [0, 0.05) is 36.8 Å². The molecule has 0 saturated carbocycles. The monoisotopic (exact) mass is 460 g/mol. The summed E-state index contributed by atoms with van der Waals surface area (Å²) >= 11 is 0. The quantitative estimate of drug-likeness (QED) is 0.753. The molecule has 0 radical (unpaired) electrons. The van der Waals surface area contributed by atoms with Crippen molar-refractivity contribution in [3.63, 3.8) is 0 Å². The van der Waals surface area contributed by atoms with Crippen LogP contribution in [0.15, 0.2) is 47.4 Å². The smallest absolute Gasteiger partial charge is 0.262 e. The van der Waals surface area contributed by atoms with Crippen molar-refractivity contribution in [2.24, 2.45) is 0 Å². The van der Waals surface area contributed by atoms with E-state index in [0.29, 0.717) is 49.1 Å². The molecule has 9 heteroatoms. The summed E-state index contributed by atoms with van der Waals surface area (Å²) in [5.41, 5.74) is 0.448. The minimum absolute atomic E-state index is 0.0518. The molecule has 1 fully saturated rings. The second kappa shape index (κ2) is 8.63. The molecule has 172 valence electrons. The molecule has 0 bridgehead atoms. The zero-order valence-electron chi connectivity index (χ0n) is 18.5. The SMILES string of the molecule is CC1CN(C(=O)c2ccc(NS(=O)(=O)c3ccc4c(c3)OCCCO4)cc2)CC(C)(C)O1. The summed E-state index contributed by atoms with van der Waals surface area (Å²) in [5, 5.41) is 0. The Kier molecular flexibility index (Phi) is 6.05. The van der Waals surface area contributed by atoms with E-state index < -0.39 is 15.6 Å². The molecule has 0 aromatic heterocycles. The number of fused-ring (bicyclic) bond motifs is 1. The highest BCUT2D eigenvalue weighted by atomic mass is 32.2. The van der Waals surface area contributed by atoms with Gasteiger partial charge in [-0.15, -0.1) is 0 Å². The Hall–Kier alpha value is -2.78. The van der Waals surface area contributed by atoms with Crippen molar-refractivity contribution in [2.45, 2.75) is 43.8 Å². The first kappa shape index (κ1) is 22.4. The lowest BCUT2D eigenvalue weighted by molar-refractivity contribution is -0.118. The molecule has 2 aromatic rings. The summed E-state index contributed by atoms with van der Waals surface area (Å²) in [5.74, 6) is 0.837. The second-order valence-electron chi connectivity index (χ2n) is 8.72. The van der Waals surface area contributed by atoms with Gasteiger partial charge < -0.3 is 19.1 Å². The Morgan fingerprint density at radius 2 is 1.75 bits per heavy atom. The zero-order valence-corrected chi connectivity index (χ0v) is 19.3. The number of nitrogens with zero attached hydrogens (tertiary/aromatic N) is 1. The molecule has 1 unspecified atom stereocenters. The Balaban J connectivity index is 1.47. The number of carbonyl (C=O) groups is 1. The first-order chi connectivity index (χ1) is 15.1. The van der Waals surface area contributed by atoms with Gasteiger partial charge in [0.1, 0.15) is 0 Å². The Bertz CT molecular complexity index is 1100. The molecule has 32 heavy (non-hydrogen) atoms. The number of carbonyl (C=O) groups excluding carboxylic acids is 1. The van der Waals surface area contributed by atoms with Gasteiger partial charge in [0.15, 0.2) is 11.5 Å². The van der Waals surface area contributed by atoms with E-state index >= 15 is 0 Å². The number of benzene rings is 2. The van der Waals surface area contributed by atoms with Gasteiger partial charge in [-0.25, -0.2) is 8.42 Å². The van der Waals surface area contributed by atoms with Crippen molar-refractivity contribution in [3.8, 4) is 11.5 Å². The van der Waals surface area contributed by atoms with Crippen molar-refractivity contribution >= 4 is 21.6 Å². The molecule has 0 aliphatic carbocycles. The molecule has 2 aliphatic heterocycles. The van der Waals surface area contributed by atoms with Crippen LogP contribution in [0.4, 0.5) is 5.69 Å². The standard InChI is InChI=1S/C23H28N2O6S/c1-16-14-25(15-23(2,3)31-16)22(26)17-5-7-18(8-6-17)24-32(27,28)19-9-10-20-21(13-19)30-12-4-11-29-20/h5-10,13,16,24H,4,11-12,14-15H2,1-3H3. The minimum atomic E-state index is -3.83. The number of rotatable bonds is 4. The van der Waals surface area contributed by atoms with E-state index in [1.165, 1.54) is 12.1 Å². The number of amides is 1. The Morgan fingerprint density at radius 1 is 1.06 bits per heavy atom. The minimum Gasteiger partial charge on any atom is -0.490 e. The number of morpholine rings is 1. The number of hydrogen-bond acceptors (Lipinski definition) is 6. The van der Waals surface area contributed by atoms with Gasteiger partial charge in [0.2, 0.25) is 0 Å². The van der Waals surface area contributed by atoms with Gasteiger partial charge in [-0.2, -0.15) is 0 Å². The largest absolute Gasteiger partial charge is 0.490 e. The first-order valence-corrected chi connectivity index (χ1v) is 12.1. The summed E-state index contributed by atoms with van der Waals surface area (Å²) in [6.45, 7) is 7.87. The summed E-state index contributed by atoms with van der Waals surface area (Å²) in [6, 6.07) is 11.0. The van der Waals surface area contributed by atoms with Crippen molar-refractivity contribution < 1.29 is 27.4 Å². The van der Waals surface area contributed by atoms with E-state index in [2.05, 4.69) is 4.72 Å². The van der Waals surface area contributed by atoms with Crippen LogP contribution in [0.25, 0.3) is 0 Å². The predicted octanol–water partition coefficient (Wildman–Crippen LogP) is 3.29. The molecule has 1 amide bonds. The topological polar surface area (TPSA) is 94.2 Å². The third-order valence-electron chi connectivity index (χ3n) is 5.27. The lowest BCUT2D eigenvalue weighted by Crippen LogP contribution is -2.53. The third-order valence-corrected chi connectivity index (χ3v) is 6.65. The van der Waals surface area contributed by atoms with Crippen molar-refractivity contribution in [1.29, 1.82) is 0 Å². The van der Waals surface area contributed by atoms with Crippen LogP contribution in [0.1, 0.15) is 37.6 Å². The van der Waals surface area contributed by atoms with Crippen LogP contribution >= 0.6 is 0 Å². The fraction of sp³-hybridized carbons (Fsp3) is 0.435. The number of ether oxygens (including phenoxy) is 3. The van der Waals surface area contributed by atoms with Crippen molar-refractivity contribution in [1.82, 2.24) is 4.90 Å². The maximum atomic E-state index is 12.9. The maximum Gasteiger partial charge on any atom is 0.262 e. The molecule has 2 aromatic carbocycles. The van der Waals surface area contributed by atoms with Crippen LogP contribution in [0, 0.1) is 0 Å². The van der Waals surface area contributed by atoms with Gasteiger partial charge in [-0.3, -0.25) is 9.52 Å². The number of sulfonamides is 1.